The maximum absolute atomic E-state index is 12.0. The molecule has 1 amide bonds. The summed E-state index contributed by atoms with van der Waals surface area (Å²) in [5, 5.41) is 10.5. The molecule has 0 fully saturated rings. The van der Waals surface area contributed by atoms with Gasteiger partial charge in [-0.2, -0.15) is 0 Å². The smallest absolute Gasteiger partial charge is 0.321 e. The maximum Gasteiger partial charge on any atom is 0.321 e. The van der Waals surface area contributed by atoms with Crippen LogP contribution in [0.15, 0.2) is 12.1 Å². The van der Waals surface area contributed by atoms with Crippen molar-refractivity contribution < 1.29 is 19.2 Å². The van der Waals surface area contributed by atoms with E-state index in [0.29, 0.717) is 6.54 Å². The van der Waals surface area contributed by atoms with Gasteiger partial charge in [0, 0.05) is 19.2 Å². The largest absolute Gasteiger partial charge is 0.469 e. The average Bonchev–Trinajstić information content (AvgIpc) is 2.88. The number of hydrogen-bond acceptors (Lipinski definition) is 5. The van der Waals surface area contributed by atoms with E-state index in [4.69, 9.17) is 0 Å². The number of ether oxygens (including phenoxy) is 1. The number of esters is 1. The third-order valence-corrected chi connectivity index (χ3v) is 2.58. The maximum atomic E-state index is 12.0. The topological polar surface area (TPSA) is 106 Å². The predicted octanol–water partition coefficient (Wildman–Crippen LogP) is 0.948. The summed E-state index contributed by atoms with van der Waals surface area (Å²) in [6.45, 7) is 2.35. The lowest BCUT2D eigenvalue weighted by Crippen LogP contribution is -2.33. The molecule has 1 rings (SSSR count). The normalized spacial score (nSPS) is 10.0. The van der Waals surface area contributed by atoms with Crippen molar-refractivity contribution >= 4 is 17.7 Å². The molecule has 0 aromatic carbocycles. The summed E-state index contributed by atoms with van der Waals surface area (Å²) in [4.78, 5) is 36.8. The summed E-state index contributed by atoms with van der Waals surface area (Å²) in [5.41, 5.74) is 0.124. The molecule has 0 unspecified atom stereocenters. The van der Waals surface area contributed by atoms with Gasteiger partial charge < -0.3 is 19.8 Å². The molecule has 0 saturated carbocycles. The molecule has 8 nitrogen and oxygen atoms in total. The molecule has 1 aromatic rings. The van der Waals surface area contributed by atoms with E-state index < -0.39 is 10.9 Å². The van der Waals surface area contributed by atoms with Crippen molar-refractivity contribution in [1.29, 1.82) is 0 Å². The zero-order valence-electron chi connectivity index (χ0n) is 10.7. The van der Waals surface area contributed by atoms with Crippen LogP contribution in [0.5, 0.6) is 0 Å². The van der Waals surface area contributed by atoms with Crippen LogP contribution in [0.4, 0.5) is 5.82 Å². The number of H-pyrrole nitrogens is 1. The molecule has 0 aliphatic heterocycles. The molecular weight excluding hydrogens is 254 g/mol. The summed E-state index contributed by atoms with van der Waals surface area (Å²) >= 11 is 0. The van der Waals surface area contributed by atoms with Gasteiger partial charge in [-0.3, -0.25) is 9.59 Å². The second kappa shape index (κ2) is 6.53. The highest BCUT2D eigenvalue weighted by molar-refractivity contribution is 5.93. The summed E-state index contributed by atoms with van der Waals surface area (Å²) in [6.07, 6.45) is 0.0822. The van der Waals surface area contributed by atoms with E-state index in [1.807, 2.05) is 0 Å². The Labute approximate surface area is 109 Å². The Balaban J connectivity index is 2.71. The molecule has 8 heteroatoms. The number of rotatable bonds is 6. The number of nitrogens with one attached hydrogen (secondary N) is 1. The SMILES string of the molecule is CCN(CCC(=O)OC)C(=O)c1ccc([N+](=O)[O-])[nH]1. The van der Waals surface area contributed by atoms with E-state index in [1.54, 1.807) is 6.92 Å². The van der Waals surface area contributed by atoms with Crippen LogP contribution in [0, 0.1) is 10.1 Å². The van der Waals surface area contributed by atoms with Crippen molar-refractivity contribution in [2.75, 3.05) is 20.2 Å². The van der Waals surface area contributed by atoms with Gasteiger partial charge in [0.1, 0.15) is 0 Å². The standard InChI is InChI=1S/C11H15N3O5/c1-3-13(7-6-10(15)19-2)11(16)8-4-5-9(12-8)14(17)18/h4-5,12H,3,6-7H2,1-2H3. The van der Waals surface area contributed by atoms with Crippen molar-refractivity contribution in [2.24, 2.45) is 0 Å². The Kier molecular flexibility index (Phi) is 5.04. The molecule has 0 aliphatic carbocycles. The fourth-order valence-electron chi connectivity index (χ4n) is 1.52. The number of aromatic nitrogens is 1. The molecule has 0 spiro atoms. The Morgan fingerprint density at radius 1 is 1.47 bits per heavy atom. The number of nitro groups is 1. The molecule has 0 bridgehead atoms. The zero-order chi connectivity index (χ0) is 14.4. The Morgan fingerprint density at radius 2 is 2.16 bits per heavy atom. The number of carbonyl (C=O) groups excluding carboxylic acids is 2. The summed E-state index contributed by atoms with van der Waals surface area (Å²) in [5.74, 6) is -1.05. The third-order valence-electron chi connectivity index (χ3n) is 2.58. The van der Waals surface area contributed by atoms with Gasteiger partial charge in [-0.15, -0.1) is 0 Å². The number of aromatic amines is 1. The summed E-state index contributed by atoms with van der Waals surface area (Å²) in [6, 6.07) is 2.57. The molecule has 0 aliphatic rings. The molecule has 1 N–H and O–H groups in total. The monoisotopic (exact) mass is 269 g/mol. The van der Waals surface area contributed by atoms with Gasteiger partial charge in [0.05, 0.1) is 13.5 Å². The molecule has 19 heavy (non-hydrogen) atoms. The fraction of sp³-hybridized carbons (Fsp3) is 0.455. The van der Waals surface area contributed by atoms with Gasteiger partial charge in [-0.25, -0.2) is 4.98 Å². The van der Waals surface area contributed by atoms with Crippen molar-refractivity contribution in [3.05, 3.63) is 27.9 Å². The van der Waals surface area contributed by atoms with Crippen LogP contribution in [0.2, 0.25) is 0 Å². The first-order chi connectivity index (χ1) is 8.99. The average molecular weight is 269 g/mol. The molecule has 104 valence electrons. The van der Waals surface area contributed by atoms with Crippen LogP contribution < -0.4 is 0 Å². The highest BCUT2D eigenvalue weighted by Gasteiger charge is 2.21. The first kappa shape index (κ1) is 14.7. The van der Waals surface area contributed by atoms with Gasteiger partial charge in [0.25, 0.3) is 5.91 Å². The lowest BCUT2D eigenvalue weighted by atomic mass is 10.3. The first-order valence-corrected chi connectivity index (χ1v) is 5.69. The third kappa shape index (κ3) is 3.80. The van der Waals surface area contributed by atoms with E-state index >= 15 is 0 Å². The van der Waals surface area contributed by atoms with E-state index in [1.165, 1.54) is 24.1 Å². The van der Waals surface area contributed by atoms with Gasteiger partial charge in [0.2, 0.25) is 0 Å². The van der Waals surface area contributed by atoms with Crippen molar-refractivity contribution in [2.45, 2.75) is 13.3 Å². The van der Waals surface area contributed by atoms with Gasteiger partial charge in [-0.1, -0.05) is 0 Å². The first-order valence-electron chi connectivity index (χ1n) is 5.69. The molecule has 0 saturated heterocycles. The molecule has 0 atom stereocenters. The molecule has 0 radical (unpaired) electrons. The number of amides is 1. The molecular formula is C11H15N3O5. The highest BCUT2D eigenvalue weighted by atomic mass is 16.6. The van der Waals surface area contributed by atoms with Crippen LogP contribution in [-0.4, -0.2) is 46.9 Å². The van der Waals surface area contributed by atoms with Crippen molar-refractivity contribution in [1.82, 2.24) is 9.88 Å². The molecule has 1 heterocycles. The lowest BCUT2D eigenvalue weighted by Gasteiger charge is -2.18. The van der Waals surface area contributed by atoms with E-state index in [-0.39, 0.29) is 30.4 Å². The predicted molar refractivity (Wildman–Crippen MR) is 65.7 cm³/mol. The van der Waals surface area contributed by atoms with Crippen LogP contribution in [0.1, 0.15) is 23.8 Å². The minimum absolute atomic E-state index is 0.0822. The van der Waals surface area contributed by atoms with Crippen LogP contribution in [-0.2, 0) is 9.53 Å². The fourth-order valence-corrected chi connectivity index (χ4v) is 1.52. The minimum atomic E-state index is -0.610. The second-order valence-electron chi connectivity index (χ2n) is 3.73. The number of methoxy groups -OCH3 is 1. The Morgan fingerprint density at radius 3 is 2.63 bits per heavy atom. The second-order valence-corrected chi connectivity index (χ2v) is 3.73. The van der Waals surface area contributed by atoms with Gasteiger partial charge in [0.15, 0.2) is 5.69 Å². The summed E-state index contributed by atoms with van der Waals surface area (Å²) in [7, 11) is 1.27. The summed E-state index contributed by atoms with van der Waals surface area (Å²) < 4.78 is 4.49. The van der Waals surface area contributed by atoms with E-state index in [0.717, 1.165) is 0 Å². The van der Waals surface area contributed by atoms with Crippen LogP contribution >= 0.6 is 0 Å². The van der Waals surface area contributed by atoms with Crippen LogP contribution in [0.3, 0.4) is 0 Å². The van der Waals surface area contributed by atoms with Gasteiger partial charge in [-0.05, 0) is 17.9 Å². The van der Waals surface area contributed by atoms with E-state index in [2.05, 4.69) is 9.72 Å². The number of carbonyl (C=O) groups is 2. The van der Waals surface area contributed by atoms with Crippen molar-refractivity contribution in [3.8, 4) is 0 Å². The Bertz CT molecular complexity index is 482. The highest BCUT2D eigenvalue weighted by Crippen LogP contribution is 2.12. The Hall–Kier alpha value is -2.38. The van der Waals surface area contributed by atoms with Gasteiger partial charge >= 0.3 is 11.8 Å². The molecule has 1 aromatic heterocycles. The van der Waals surface area contributed by atoms with E-state index in [9.17, 15) is 19.7 Å². The number of hydrogen-bond donors (Lipinski definition) is 1. The quantitative estimate of drug-likeness (QED) is 0.470. The zero-order valence-corrected chi connectivity index (χ0v) is 10.7. The van der Waals surface area contributed by atoms with Crippen molar-refractivity contribution in [3.63, 3.8) is 0 Å². The lowest BCUT2D eigenvalue weighted by molar-refractivity contribution is -0.389. The van der Waals surface area contributed by atoms with Crippen LogP contribution in [0.25, 0.3) is 0 Å². The minimum Gasteiger partial charge on any atom is -0.469 e. The number of nitrogens with zero attached hydrogens (tertiary/aromatic N) is 2.